The van der Waals surface area contributed by atoms with E-state index >= 15 is 0 Å². The molecule has 2 heterocycles. The molecule has 29 heavy (non-hydrogen) atoms. The van der Waals surface area contributed by atoms with Crippen LogP contribution in [0.2, 0.25) is 0 Å². The van der Waals surface area contributed by atoms with Gasteiger partial charge >= 0.3 is 0 Å². The number of furan rings is 1. The van der Waals surface area contributed by atoms with Gasteiger partial charge in [0.1, 0.15) is 17.4 Å². The molecule has 1 saturated heterocycles. The standard InChI is InChI=1S/C21H28F2N4O2/c22-18-3-4-20(23)17(16-18)5-7-24-21(25-8-6-19-2-1-13-29-19)26-9-10-27-11-14-28-15-12-27/h1-4,13,16H,5-12,14-15H2,(H2,24,25,26). The Morgan fingerprint density at radius 1 is 1.07 bits per heavy atom. The van der Waals surface area contributed by atoms with Gasteiger partial charge in [0.2, 0.25) is 0 Å². The number of rotatable bonds is 9. The highest BCUT2D eigenvalue weighted by molar-refractivity contribution is 5.79. The molecule has 1 aromatic carbocycles. The van der Waals surface area contributed by atoms with E-state index < -0.39 is 11.6 Å². The number of benzene rings is 1. The molecular weight excluding hydrogens is 378 g/mol. The zero-order chi connectivity index (χ0) is 20.3. The minimum atomic E-state index is -0.433. The van der Waals surface area contributed by atoms with E-state index in [2.05, 4.69) is 20.5 Å². The summed E-state index contributed by atoms with van der Waals surface area (Å²) in [6.45, 7) is 5.96. The third kappa shape index (κ3) is 7.47. The van der Waals surface area contributed by atoms with Crippen molar-refractivity contribution in [1.82, 2.24) is 15.5 Å². The molecule has 6 nitrogen and oxygen atoms in total. The second-order valence-corrected chi connectivity index (χ2v) is 6.85. The maximum Gasteiger partial charge on any atom is 0.191 e. The minimum Gasteiger partial charge on any atom is -0.469 e. The van der Waals surface area contributed by atoms with E-state index in [9.17, 15) is 8.78 Å². The van der Waals surface area contributed by atoms with Crippen LogP contribution in [0.1, 0.15) is 11.3 Å². The van der Waals surface area contributed by atoms with Crippen molar-refractivity contribution in [3.63, 3.8) is 0 Å². The van der Waals surface area contributed by atoms with Crippen molar-refractivity contribution in [3.05, 3.63) is 59.6 Å². The maximum atomic E-state index is 13.8. The van der Waals surface area contributed by atoms with Crippen LogP contribution in [0.25, 0.3) is 0 Å². The molecule has 3 rings (SSSR count). The summed E-state index contributed by atoms with van der Waals surface area (Å²) in [6.07, 6.45) is 2.75. The summed E-state index contributed by atoms with van der Waals surface area (Å²) in [7, 11) is 0. The molecule has 1 aliphatic rings. The molecule has 1 aliphatic heterocycles. The monoisotopic (exact) mass is 406 g/mol. The van der Waals surface area contributed by atoms with Crippen LogP contribution < -0.4 is 10.6 Å². The molecule has 2 aromatic rings. The number of nitrogens with one attached hydrogen (secondary N) is 2. The number of morpholine rings is 1. The Kier molecular flexibility index (Phi) is 8.45. The molecule has 0 aliphatic carbocycles. The van der Waals surface area contributed by atoms with E-state index in [-0.39, 0.29) is 0 Å². The van der Waals surface area contributed by atoms with E-state index in [4.69, 9.17) is 9.15 Å². The van der Waals surface area contributed by atoms with Crippen molar-refractivity contribution in [1.29, 1.82) is 0 Å². The molecular formula is C21H28F2N4O2. The molecule has 158 valence electrons. The second kappa shape index (κ2) is 11.5. The molecule has 0 unspecified atom stereocenters. The van der Waals surface area contributed by atoms with Crippen molar-refractivity contribution in [2.45, 2.75) is 12.8 Å². The fraction of sp³-hybridized carbons (Fsp3) is 0.476. The molecule has 0 atom stereocenters. The number of ether oxygens (including phenoxy) is 1. The molecule has 0 bridgehead atoms. The summed E-state index contributed by atoms with van der Waals surface area (Å²) < 4.78 is 37.8. The lowest BCUT2D eigenvalue weighted by atomic mass is 10.1. The molecule has 0 spiro atoms. The first kappa shape index (κ1) is 21.3. The van der Waals surface area contributed by atoms with Gasteiger partial charge in [-0.3, -0.25) is 9.89 Å². The van der Waals surface area contributed by atoms with Gasteiger partial charge in [-0.1, -0.05) is 0 Å². The van der Waals surface area contributed by atoms with Gasteiger partial charge in [-0.05, 0) is 42.3 Å². The number of hydrogen-bond donors (Lipinski definition) is 2. The van der Waals surface area contributed by atoms with Crippen LogP contribution in [0.3, 0.4) is 0 Å². The number of halogens is 2. The molecule has 0 saturated carbocycles. The van der Waals surface area contributed by atoms with Gasteiger partial charge in [-0.15, -0.1) is 0 Å². The average Bonchev–Trinajstić information content (AvgIpc) is 3.24. The SMILES string of the molecule is Fc1ccc(F)c(CCNC(=NCCN2CCOCC2)NCCc2ccco2)c1. The fourth-order valence-electron chi connectivity index (χ4n) is 3.11. The summed E-state index contributed by atoms with van der Waals surface area (Å²) in [5, 5.41) is 6.48. The number of aliphatic imine (C=N–C) groups is 1. The maximum absolute atomic E-state index is 13.8. The highest BCUT2D eigenvalue weighted by atomic mass is 19.1. The van der Waals surface area contributed by atoms with Gasteiger partial charge in [-0.25, -0.2) is 8.78 Å². The number of guanidine groups is 1. The first-order valence-corrected chi connectivity index (χ1v) is 9.99. The molecule has 1 aromatic heterocycles. The van der Waals surface area contributed by atoms with Crippen molar-refractivity contribution >= 4 is 5.96 Å². The van der Waals surface area contributed by atoms with E-state index in [0.29, 0.717) is 37.6 Å². The first-order valence-electron chi connectivity index (χ1n) is 9.99. The van der Waals surface area contributed by atoms with Crippen LogP contribution in [-0.4, -0.2) is 63.3 Å². The number of hydrogen-bond acceptors (Lipinski definition) is 4. The Morgan fingerprint density at radius 2 is 1.86 bits per heavy atom. The van der Waals surface area contributed by atoms with Gasteiger partial charge < -0.3 is 19.8 Å². The Bertz CT molecular complexity index is 762. The van der Waals surface area contributed by atoms with Crippen LogP contribution in [0.5, 0.6) is 0 Å². The lowest BCUT2D eigenvalue weighted by molar-refractivity contribution is 0.0394. The van der Waals surface area contributed by atoms with E-state index in [0.717, 1.165) is 57.2 Å². The summed E-state index contributed by atoms with van der Waals surface area (Å²) in [5.74, 6) is 0.718. The van der Waals surface area contributed by atoms with Gasteiger partial charge in [0.05, 0.1) is 26.0 Å². The average molecular weight is 406 g/mol. The molecule has 8 heteroatoms. The zero-order valence-corrected chi connectivity index (χ0v) is 16.5. The summed E-state index contributed by atoms with van der Waals surface area (Å²) >= 11 is 0. The normalized spacial score (nSPS) is 15.4. The fourth-order valence-corrected chi connectivity index (χ4v) is 3.11. The Balaban J connectivity index is 1.49. The second-order valence-electron chi connectivity index (χ2n) is 6.85. The van der Waals surface area contributed by atoms with Crippen molar-refractivity contribution in [2.75, 3.05) is 52.5 Å². The molecule has 0 radical (unpaired) electrons. The van der Waals surface area contributed by atoms with Crippen molar-refractivity contribution < 1.29 is 17.9 Å². The first-order chi connectivity index (χ1) is 14.2. The molecule has 2 N–H and O–H groups in total. The quantitative estimate of drug-likeness (QED) is 0.494. The van der Waals surface area contributed by atoms with Gasteiger partial charge in [-0.2, -0.15) is 0 Å². The zero-order valence-electron chi connectivity index (χ0n) is 16.5. The smallest absolute Gasteiger partial charge is 0.191 e. The molecule has 0 amide bonds. The van der Waals surface area contributed by atoms with Gasteiger partial charge in [0, 0.05) is 39.1 Å². The Labute approximate surface area is 169 Å². The predicted octanol–water partition coefficient (Wildman–Crippen LogP) is 2.21. The lowest BCUT2D eigenvalue weighted by Crippen LogP contribution is -2.41. The number of nitrogens with zero attached hydrogens (tertiary/aromatic N) is 2. The molecule has 1 fully saturated rings. The Morgan fingerprint density at radius 3 is 2.62 bits per heavy atom. The van der Waals surface area contributed by atoms with Crippen LogP contribution in [-0.2, 0) is 17.6 Å². The van der Waals surface area contributed by atoms with Crippen LogP contribution in [0.15, 0.2) is 46.0 Å². The predicted molar refractivity (Wildman–Crippen MR) is 108 cm³/mol. The van der Waals surface area contributed by atoms with E-state index in [1.165, 1.54) is 6.07 Å². The highest BCUT2D eigenvalue weighted by Gasteiger charge is 2.10. The van der Waals surface area contributed by atoms with Gasteiger partial charge in [0.25, 0.3) is 0 Å². The minimum absolute atomic E-state index is 0.348. The third-order valence-corrected chi connectivity index (χ3v) is 4.73. The summed E-state index contributed by atoms with van der Waals surface area (Å²) in [5.41, 5.74) is 0.348. The van der Waals surface area contributed by atoms with Crippen molar-refractivity contribution in [3.8, 4) is 0 Å². The van der Waals surface area contributed by atoms with E-state index in [1.807, 2.05) is 12.1 Å². The van der Waals surface area contributed by atoms with Crippen LogP contribution >= 0.6 is 0 Å². The van der Waals surface area contributed by atoms with Crippen LogP contribution in [0.4, 0.5) is 8.78 Å². The van der Waals surface area contributed by atoms with E-state index in [1.54, 1.807) is 6.26 Å². The topological polar surface area (TPSA) is 62.0 Å². The van der Waals surface area contributed by atoms with Gasteiger partial charge in [0.15, 0.2) is 5.96 Å². The summed E-state index contributed by atoms with van der Waals surface area (Å²) in [6, 6.07) is 7.30. The van der Waals surface area contributed by atoms with Crippen LogP contribution in [0, 0.1) is 11.6 Å². The Hall–Kier alpha value is -2.45. The van der Waals surface area contributed by atoms with Crippen molar-refractivity contribution in [2.24, 2.45) is 4.99 Å². The lowest BCUT2D eigenvalue weighted by Gasteiger charge is -2.25. The summed E-state index contributed by atoms with van der Waals surface area (Å²) in [4.78, 5) is 6.94. The third-order valence-electron chi connectivity index (χ3n) is 4.73. The highest BCUT2D eigenvalue weighted by Crippen LogP contribution is 2.09. The largest absolute Gasteiger partial charge is 0.469 e.